The van der Waals surface area contributed by atoms with Crippen molar-refractivity contribution in [1.29, 1.82) is 0 Å². The van der Waals surface area contributed by atoms with Crippen molar-refractivity contribution in [3.8, 4) is 0 Å². The van der Waals surface area contributed by atoms with E-state index in [4.69, 9.17) is 16.0 Å². The van der Waals surface area contributed by atoms with Crippen LogP contribution in [0.3, 0.4) is 0 Å². The molecule has 0 aliphatic rings. The van der Waals surface area contributed by atoms with Gasteiger partial charge in [-0.3, -0.25) is 4.79 Å². The lowest BCUT2D eigenvalue weighted by Gasteiger charge is -2.05. The van der Waals surface area contributed by atoms with Gasteiger partial charge in [-0.15, -0.1) is 0 Å². The molecule has 0 saturated heterocycles. The SMILES string of the molecule is O=C(Nc1ccc(Cl)cc1Br)c1ccc(Br)o1. The fraction of sp³-hybridized carbons (Fsp3) is 0. The Kier molecular flexibility index (Phi) is 3.91. The van der Waals surface area contributed by atoms with Crippen LogP contribution < -0.4 is 5.32 Å². The summed E-state index contributed by atoms with van der Waals surface area (Å²) in [5.41, 5.74) is 0.631. The zero-order valence-electron chi connectivity index (χ0n) is 8.34. The van der Waals surface area contributed by atoms with Crippen LogP contribution in [0.2, 0.25) is 5.02 Å². The largest absolute Gasteiger partial charge is 0.444 e. The summed E-state index contributed by atoms with van der Waals surface area (Å²) in [6.07, 6.45) is 0. The molecule has 1 amide bonds. The Hall–Kier alpha value is -0.780. The number of nitrogens with one attached hydrogen (secondary N) is 1. The third-order valence-corrected chi connectivity index (χ3v) is 3.29. The van der Waals surface area contributed by atoms with Gasteiger partial charge in [0.2, 0.25) is 0 Å². The van der Waals surface area contributed by atoms with E-state index in [9.17, 15) is 4.79 Å². The fourth-order valence-corrected chi connectivity index (χ4v) is 2.30. The molecule has 0 fully saturated rings. The van der Waals surface area contributed by atoms with Gasteiger partial charge in [-0.05, 0) is 62.2 Å². The van der Waals surface area contributed by atoms with Crippen LogP contribution in [-0.4, -0.2) is 5.91 Å². The van der Waals surface area contributed by atoms with Crippen LogP contribution in [0.1, 0.15) is 10.6 Å². The normalized spacial score (nSPS) is 10.3. The lowest BCUT2D eigenvalue weighted by molar-refractivity contribution is 0.0995. The molecule has 17 heavy (non-hydrogen) atoms. The van der Waals surface area contributed by atoms with E-state index < -0.39 is 0 Å². The van der Waals surface area contributed by atoms with E-state index in [1.165, 1.54) is 0 Å². The fourth-order valence-electron chi connectivity index (χ4n) is 1.21. The molecular formula is C11H6Br2ClNO2. The van der Waals surface area contributed by atoms with Crippen molar-refractivity contribution in [1.82, 2.24) is 0 Å². The molecule has 0 unspecified atom stereocenters. The summed E-state index contributed by atoms with van der Waals surface area (Å²) in [6, 6.07) is 8.35. The molecule has 6 heteroatoms. The Morgan fingerprint density at radius 2 is 2.00 bits per heavy atom. The number of anilines is 1. The topological polar surface area (TPSA) is 42.2 Å². The summed E-state index contributed by atoms with van der Waals surface area (Å²) in [5, 5.41) is 3.30. The van der Waals surface area contributed by atoms with E-state index >= 15 is 0 Å². The second-order valence-corrected chi connectivity index (χ2v) is 5.25. The van der Waals surface area contributed by atoms with Gasteiger partial charge >= 0.3 is 0 Å². The maximum absolute atomic E-state index is 11.8. The van der Waals surface area contributed by atoms with Crippen LogP contribution in [0.5, 0.6) is 0 Å². The lowest BCUT2D eigenvalue weighted by atomic mass is 10.3. The molecule has 88 valence electrons. The zero-order chi connectivity index (χ0) is 12.4. The Morgan fingerprint density at radius 1 is 1.24 bits per heavy atom. The van der Waals surface area contributed by atoms with Crippen molar-refractivity contribution in [3.63, 3.8) is 0 Å². The lowest BCUT2D eigenvalue weighted by Crippen LogP contribution is -2.11. The number of carbonyl (C=O) groups is 1. The zero-order valence-corrected chi connectivity index (χ0v) is 12.3. The van der Waals surface area contributed by atoms with Crippen molar-refractivity contribution in [2.24, 2.45) is 0 Å². The van der Waals surface area contributed by atoms with Crippen molar-refractivity contribution >= 4 is 55.1 Å². The summed E-state index contributed by atoms with van der Waals surface area (Å²) in [7, 11) is 0. The van der Waals surface area contributed by atoms with Gasteiger partial charge in [0.1, 0.15) is 0 Å². The van der Waals surface area contributed by atoms with Crippen LogP contribution >= 0.6 is 43.5 Å². The summed E-state index contributed by atoms with van der Waals surface area (Å²) in [4.78, 5) is 11.8. The minimum atomic E-state index is -0.321. The van der Waals surface area contributed by atoms with Crippen molar-refractivity contribution in [2.75, 3.05) is 5.32 Å². The first-order valence-corrected chi connectivity index (χ1v) is 6.54. The van der Waals surface area contributed by atoms with Gasteiger partial charge in [-0.25, -0.2) is 0 Å². The summed E-state index contributed by atoms with van der Waals surface area (Å²) < 4.78 is 6.37. The molecule has 1 aromatic heterocycles. The predicted octanol–water partition coefficient (Wildman–Crippen LogP) is 4.71. The molecule has 2 rings (SSSR count). The predicted molar refractivity (Wildman–Crippen MR) is 73.5 cm³/mol. The van der Waals surface area contributed by atoms with Gasteiger partial charge in [-0.1, -0.05) is 11.6 Å². The van der Waals surface area contributed by atoms with Crippen molar-refractivity contribution in [2.45, 2.75) is 0 Å². The highest BCUT2D eigenvalue weighted by molar-refractivity contribution is 9.10. The highest BCUT2D eigenvalue weighted by Crippen LogP contribution is 2.26. The number of halogens is 3. The molecule has 2 aromatic rings. The third kappa shape index (κ3) is 3.12. The molecule has 0 aliphatic carbocycles. The number of rotatable bonds is 2. The highest BCUT2D eigenvalue weighted by atomic mass is 79.9. The van der Waals surface area contributed by atoms with Gasteiger partial charge in [0.05, 0.1) is 5.69 Å². The first-order valence-electron chi connectivity index (χ1n) is 4.58. The van der Waals surface area contributed by atoms with Crippen LogP contribution in [0.25, 0.3) is 0 Å². The average molecular weight is 379 g/mol. The minimum Gasteiger partial charge on any atom is -0.444 e. The van der Waals surface area contributed by atoms with Gasteiger partial charge in [0.15, 0.2) is 10.4 Å². The quantitative estimate of drug-likeness (QED) is 0.821. The molecule has 3 nitrogen and oxygen atoms in total. The Bertz CT molecular complexity index is 568. The second-order valence-electron chi connectivity index (χ2n) is 3.18. The van der Waals surface area contributed by atoms with E-state index in [2.05, 4.69) is 37.2 Å². The molecule has 0 aliphatic heterocycles. The number of hydrogen-bond acceptors (Lipinski definition) is 2. The molecule has 1 N–H and O–H groups in total. The van der Waals surface area contributed by atoms with Crippen molar-refractivity contribution < 1.29 is 9.21 Å². The number of hydrogen-bond donors (Lipinski definition) is 1. The van der Waals surface area contributed by atoms with Gasteiger partial charge in [0.25, 0.3) is 5.91 Å². The van der Waals surface area contributed by atoms with Gasteiger partial charge in [-0.2, -0.15) is 0 Å². The van der Waals surface area contributed by atoms with Gasteiger partial charge < -0.3 is 9.73 Å². The molecule has 1 heterocycles. The summed E-state index contributed by atoms with van der Waals surface area (Å²) in [6.45, 7) is 0. The van der Waals surface area contributed by atoms with Crippen molar-refractivity contribution in [3.05, 3.63) is 50.3 Å². The van der Waals surface area contributed by atoms with Gasteiger partial charge in [0, 0.05) is 9.50 Å². The summed E-state index contributed by atoms with van der Waals surface area (Å²) in [5.74, 6) is -0.0857. The minimum absolute atomic E-state index is 0.235. The third-order valence-electron chi connectivity index (χ3n) is 1.98. The standard InChI is InChI=1S/C11H6Br2ClNO2/c12-7-5-6(14)1-2-8(7)15-11(16)9-3-4-10(13)17-9/h1-5H,(H,15,16). The monoisotopic (exact) mass is 377 g/mol. The molecule has 0 bridgehead atoms. The number of carbonyl (C=O) groups excluding carboxylic acids is 1. The molecule has 0 spiro atoms. The first-order chi connectivity index (χ1) is 8.06. The van der Waals surface area contributed by atoms with Crippen LogP contribution in [0.4, 0.5) is 5.69 Å². The molecular weight excluding hydrogens is 373 g/mol. The Morgan fingerprint density at radius 3 is 2.59 bits per heavy atom. The number of furan rings is 1. The summed E-state index contributed by atoms with van der Waals surface area (Å²) >= 11 is 12.3. The van der Waals surface area contributed by atoms with E-state index in [0.29, 0.717) is 19.9 Å². The van der Waals surface area contributed by atoms with E-state index in [1.54, 1.807) is 30.3 Å². The van der Waals surface area contributed by atoms with Crippen LogP contribution in [0, 0.1) is 0 Å². The number of amides is 1. The maximum atomic E-state index is 11.8. The van der Waals surface area contributed by atoms with E-state index in [0.717, 1.165) is 0 Å². The molecule has 0 saturated carbocycles. The smallest absolute Gasteiger partial charge is 0.291 e. The number of benzene rings is 1. The molecule has 0 atom stereocenters. The molecule has 1 aromatic carbocycles. The second kappa shape index (κ2) is 5.25. The molecule has 0 radical (unpaired) electrons. The highest BCUT2D eigenvalue weighted by Gasteiger charge is 2.12. The van der Waals surface area contributed by atoms with Crippen LogP contribution in [-0.2, 0) is 0 Å². The average Bonchev–Trinajstić information content (AvgIpc) is 2.69. The van der Waals surface area contributed by atoms with E-state index in [-0.39, 0.29) is 11.7 Å². The van der Waals surface area contributed by atoms with E-state index in [1.807, 2.05) is 0 Å². The first kappa shape index (κ1) is 12.7. The Balaban J connectivity index is 2.18. The Labute approximate surface area is 119 Å². The maximum Gasteiger partial charge on any atom is 0.291 e. The van der Waals surface area contributed by atoms with Crippen LogP contribution in [0.15, 0.2) is 43.9 Å².